The van der Waals surface area contributed by atoms with Crippen LogP contribution in [0.4, 0.5) is 0 Å². The molecule has 2 unspecified atom stereocenters. The molecule has 3 rings (SSSR count). The second-order valence-corrected chi connectivity index (χ2v) is 4.58. The molecular formula is C14H15N3O2. The number of hydrogen-bond donors (Lipinski definition) is 2. The van der Waals surface area contributed by atoms with Gasteiger partial charge in [-0.05, 0) is 23.3 Å². The fraction of sp³-hybridized carbons (Fsp3) is 0.286. The van der Waals surface area contributed by atoms with Gasteiger partial charge in [0.25, 0.3) is 0 Å². The number of aromatic nitrogens is 2. The first kappa shape index (κ1) is 12.1. The number of aromatic amines is 1. The van der Waals surface area contributed by atoms with Gasteiger partial charge in [-0.15, -0.1) is 0 Å². The van der Waals surface area contributed by atoms with Crippen LogP contribution in [0.5, 0.6) is 0 Å². The van der Waals surface area contributed by atoms with Crippen molar-refractivity contribution >= 4 is 0 Å². The van der Waals surface area contributed by atoms with E-state index < -0.39 is 0 Å². The van der Waals surface area contributed by atoms with Crippen LogP contribution >= 0.6 is 0 Å². The van der Waals surface area contributed by atoms with Crippen LogP contribution in [0.1, 0.15) is 23.2 Å². The molecule has 0 aromatic carbocycles. The van der Waals surface area contributed by atoms with E-state index in [0.29, 0.717) is 13.2 Å². The Balaban J connectivity index is 1.80. The summed E-state index contributed by atoms with van der Waals surface area (Å²) in [5, 5.41) is 3.50. The normalized spacial score (nSPS) is 23.2. The standard InChI is InChI=1S/C14H15N3O2/c18-14-6-10(3-5-16-14)12-8-19-9-13(17-12)11-2-1-4-15-7-11/h1-7,12-13,17H,8-9H2,(H,16,18). The summed E-state index contributed by atoms with van der Waals surface area (Å²) in [6.07, 6.45) is 5.25. The first-order chi connectivity index (χ1) is 9.33. The Morgan fingerprint density at radius 1 is 1.21 bits per heavy atom. The molecule has 2 aromatic heterocycles. The highest BCUT2D eigenvalue weighted by molar-refractivity contribution is 5.20. The fourth-order valence-electron chi connectivity index (χ4n) is 2.29. The average molecular weight is 257 g/mol. The maximum Gasteiger partial charge on any atom is 0.248 e. The quantitative estimate of drug-likeness (QED) is 0.847. The number of nitrogens with zero attached hydrogens (tertiary/aromatic N) is 1. The van der Waals surface area contributed by atoms with Gasteiger partial charge in [-0.25, -0.2) is 0 Å². The molecule has 0 radical (unpaired) electrons. The van der Waals surface area contributed by atoms with Crippen molar-refractivity contribution in [3.63, 3.8) is 0 Å². The van der Waals surface area contributed by atoms with Crippen molar-refractivity contribution in [3.8, 4) is 0 Å². The van der Waals surface area contributed by atoms with Crippen molar-refractivity contribution in [1.29, 1.82) is 0 Å². The van der Waals surface area contributed by atoms with Crippen LogP contribution in [0.3, 0.4) is 0 Å². The molecule has 19 heavy (non-hydrogen) atoms. The first-order valence-electron chi connectivity index (χ1n) is 6.25. The summed E-state index contributed by atoms with van der Waals surface area (Å²) in [7, 11) is 0. The molecule has 1 saturated heterocycles. The Morgan fingerprint density at radius 2 is 2.05 bits per heavy atom. The van der Waals surface area contributed by atoms with Crippen LogP contribution in [-0.4, -0.2) is 23.2 Å². The number of rotatable bonds is 2. The zero-order valence-corrected chi connectivity index (χ0v) is 10.4. The first-order valence-corrected chi connectivity index (χ1v) is 6.25. The molecule has 98 valence electrons. The lowest BCUT2D eigenvalue weighted by Crippen LogP contribution is -2.38. The topological polar surface area (TPSA) is 67.0 Å². The number of pyridine rings is 2. The fourth-order valence-corrected chi connectivity index (χ4v) is 2.29. The lowest BCUT2D eigenvalue weighted by atomic mass is 10.0. The SMILES string of the molecule is O=c1cc(C2COCC(c3cccnc3)N2)cc[nH]1. The highest BCUT2D eigenvalue weighted by Crippen LogP contribution is 2.23. The van der Waals surface area contributed by atoms with E-state index in [0.717, 1.165) is 11.1 Å². The molecule has 0 amide bonds. The molecular weight excluding hydrogens is 242 g/mol. The number of H-pyrrole nitrogens is 1. The molecule has 0 spiro atoms. The van der Waals surface area contributed by atoms with Crippen LogP contribution in [0.2, 0.25) is 0 Å². The predicted octanol–water partition coefficient (Wildman–Crippen LogP) is 1.17. The molecule has 3 heterocycles. The molecule has 1 aliphatic heterocycles. The van der Waals surface area contributed by atoms with Crippen molar-refractivity contribution in [2.45, 2.75) is 12.1 Å². The molecule has 1 aliphatic rings. The second kappa shape index (κ2) is 5.34. The molecule has 5 nitrogen and oxygen atoms in total. The van der Waals surface area contributed by atoms with Crippen LogP contribution in [0.25, 0.3) is 0 Å². The van der Waals surface area contributed by atoms with E-state index in [1.54, 1.807) is 18.5 Å². The van der Waals surface area contributed by atoms with E-state index in [4.69, 9.17) is 4.74 Å². The molecule has 1 fully saturated rings. The second-order valence-electron chi connectivity index (χ2n) is 4.58. The molecule has 0 aliphatic carbocycles. The number of nitrogens with one attached hydrogen (secondary N) is 2. The average Bonchev–Trinajstić information content (AvgIpc) is 2.48. The Labute approximate surface area is 110 Å². The van der Waals surface area contributed by atoms with E-state index in [2.05, 4.69) is 15.3 Å². The van der Waals surface area contributed by atoms with Crippen molar-refractivity contribution < 1.29 is 4.74 Å². The summed E-state index contributed by atoms with van der Waals surface area (Å²) < 4.78 is 5.64. The Morgan fingerprint density at radius 3 is 2.79 bits per heavy atom. The maximum atomic E-state index is 11.4. The Bertz CT molecular complexity index is 597. The molecule has 0 bridgehead atoms. The van der Waals surface area contributed by atoms with Gasteiger partial charge < -0.3 is 9.72 Å². The largest absolute Gasteiger partial charge is 0.377 e. The van der Waals surface area contributed by atoms with E-state index in [1.165, 1.54) is 0 Å². The van der Waals surface area contributed by atoms with Gasteiger partial charge in [0.15, 0.2) is 0 Å². The summed E-state index contributed by atoms with van der Waals surface area (Å²) in [4.78, 5) is 18.1. The van der Waals surface area contributed by atoms with E-state index in [1.807, 2.05) is 24.4 Å². The number of morpholine rings is 1. The van der Waals surface area contributed by atoms with Gasteiger partial charge in [-0.3, -0.25) is 15.1 Å². The molecule has 5 heteroatoms. The van der Waals surface area contributed by atoms with Crippen LogP contribution < -0.4 is 10.9 Å². The van der Waals surface area contributed by atoms with Gasteiger partial charge in [0.1, 0.15) is 0 Å². The van der Waals surface area contributed by atoms with Gasteiger partial charge in [0.2, 0.25) is 5.56 Å². The molecule has 2 N–H and O–H groups in total. The Hall–Kier alpha value is -1.98. The molecule has 2 atom stereocenters. The smallest absolute Gasteiger partial charge is 0.248 e. The lowest BCUT2D eigenvalue weighted by Gasteiger charge is -2.31. The maximum absolute atomic E-state index is 11.4. The third kappa shape index (κ3) is 2.72. The zero-order chi connectivity index (χ0) is 13.1. The minimum Gasteiger partial charge on any atom is -0.377 e. The summed E-state index contributed by atoms with van der Waals surface area (Å²) in [5.74, 6) is 0. The van der Waals surface area contributed by atoms with E-state index >= 15 is 0 Å². The van der Waals surface area contributed by atoms with Crippen molar-refractivity contribution in [2.24, 2.45) is 0 Å². The van der Waals surface area contributed by atoms with Crippen LogP contribution in [-0.2, 0) is 4.74 Å². The van der Waals surface area contributed by atoms with Gasteiger partial charge in [-0.2, -0.15) is 0 Å². The van der Waals surface area contributed by atoms with Crippen molar-refractivity contribution in [2.75, 3.05) is 13.2 Å². The summed E-state index contributed by atoms with van der Waals surface area (Å²) in [6.45, 7) is 1.19. The minimum absolute atomic E-state index is 0.0289. The predicted molar refractivity (Wildman–Crippen MR) is 70.7 cm³/mol. The Kier molecular flexibility index (Phi) is 3.39. The van der Waals surface area contributed by atoms with Gasteiger partial charge in [0.05, 0.1) is 25.3 Å². The third-order valence-electron chi connectivity index (χ3n) is 3.26. The monoisotopic (exact) mass is 257 g/mol. The van der Waals surface area contributed by atoms with E-state index in [9.17, 15) is 4.79 Å². The van der Waals surface area contributed by atoms with Gasteiger partial charge >= 0.3 is 0 Å². The number of ether oxygens (including phenoxy) is 1. The molecule has 0 saturated carbocycles. The van der Waals surface area contributed by atoms with Crippen molar-refractivity contribution in [1.82, 2.24) is 15.3 Å². The van der Waals surface area contributed by atoms with Gasteiger partial charge in [-0.1, -0.05) is 6.07 Å². The van der Waals surface area contributed by atoms with E-state index in [-0.39, 0.29) is 17.6 Å². The summed E-state index contributed by atoms with van der Waals surface area (Å²) in [5.41, 5.74) is 1.94. The summed E-state index contributed by atoms with van der Waals surface area (Å²) in [6, 6.07) is 7.57. The van der Waals surface area contributed by atoms with Gasteiger partial charge in [0, 0.05) is 24.7 Å². The highest BCUT2D eigenvalue weighted by Gasteiger charge is 2.24. The van der Waals surface area contributed by atoms with Crippen molar-refractivity contribution in [3.05, 3.63) is 64.3 Å². The zero-order valence-electron chi connectivity index (χ0n) is 10.4. The number of hydrogen-bond acceptors (Lipinski definition) is 4. The third-order valence-corrected chi connectivity index (χ3v) is 3.26. The minimum atomic E-state index is -0.0946. The van der Waals surface area contributed by atoms with Crippen LogP contribution in [0, 0.1) is 0 Å². The highest BCUT2D eigenvalue weighted by atomic mass is 16.5. The lowest BCUT2D eigenvalue weighted by molar-refractivity contribution is 0.0446. The summed E-state index contributed by atoms with van der Waals surface area (Å²) >= 11 is 0. The molecule has 2 aromatic rings. The van der Waals surface area contributed by atoms with Crippen LogP contribution in [0.15, 0.2) is 47.7 Å².